The van der Waals surface area contributed by atoms with E-state index in [2.05, 4.69) is 11.4 Å². The Kier molecular flexibility index (Phi) is 4.94. The molecule has 3 nitrogen and oxygen atoms in total. The third-order valence-corrected chi connectivity index (χ3v) is 4.09. The molecule has 2 rings (SSSR count). The zero-order valence-corrected chi connectivity index (χ0v) is 12.2. The number of rotatable bonds is 5. The SMILES string of the molecule is CNC1c2cc(OC)ccc2CCC1N(C)CC(F)F. The predicted molar refractivity (Wildman–Crippen MR) is 75.5 cm³/mol. The lowest BCUT2D eigenvalue weighted by Gasteiger charge is -2.39. The summed E-state index contributed by atoms with van der Waals surface area (Å²) in [7, 11) is 5.29. The Balaban J connectivity index is 2.26. The van der Waals surface area contributed by atoms with E-state index in [9.17, 15) is 8.78 Å². The molecule has 0 saturated heterocycles. The first-order chi connectivity index (χ1) is 9.56. The van der Waals surface area contributed by atoms with Gasteiger partial charge in [-0.3, -0.25) is 4.90 Å². The minimum Gasteiger partial charge on any atom is -0.497 e. The smallest absolute Gasteiger partial charge is 0.251 e. The van der Waals surface area contributed by atoms with Gasteiger partial charge in [-0.25, -0.2) is 8.78 Å². The Morgan fingerprint density at radius 2 is 2.20 bits per heavy atom. The minimum atomic E-state index is -2.30. The number of methoxy groups -OCH3 is 1. The zero-order valence-electron chi connectivity index (χ0n) is 12.2. The van der Waals surface area contributed by atoms with Gasteiger partial charge < -0.3 is 10.1 Å². The molecule has 2 atom stereocenters. The summed E-state index contributed by atoms with van der Waals surface area (Å²) in [6, 6.07) is 6.17. The van der Waals surface area contributed by atoms with Crippen molar-refractivity contribution in [3.05, 3.63) is 29.3 Å². The summed E-state index contributed by atoms with van der Waals surface area (Å²) >= 11 is 0. The highest BCUT2D eigenvalue weighted by atomic mass is 19.3. The van der Waals surface area contributed by atoms with E-state index in [-0.39, 0.29) is 18.6 Å². The number of halogens is 2. The number of benzene rings is 1. The van der Waals surface area contributed by atoms with E-state index in [4.69, 9.17) is 4.74 Å². The first-order valence-corrected chi connectivity index (χ1v) is 6.89. The van der Waals surface area contributed by atoms with Gasteiger partial charge in [-0.1, -0.05) is 6.07 Å². The summed E-state index contributed by atoms with van der Waals surface area (Å²) in [5, 5.41) is 3.27. The van der Waals surface area contributed by atoms with Crippen LogP contribution in [0.2, 0.25) is 0 Å². The van der Waals surface area contributed by atoms with Crippen molar-refractivity contribution >= 4 is 0 Å². The third-order valence-electron chi connectivity index (χ3n) is 4.09. The van der Waals surface area contributed by atoms with Gasteiger partial charge in [-0.05, 0) is 50.2 Å². The number of hydrogen-bond acceptors (Lipinski definition) is 3. The predicted octanol–water partition coefficient (Wildman–Crippen LogP) is 2.47. The van der Waals surface area contributed by atoms with Crippen LogP contribution in [0.25, 0.3) is 0 Å². The number of fused-ring (bicyclic) bond motifs is 1. The number of nitrogens with zero attached hydrogens (tertiary/aromatic N) is 1. The molecule has 0 heterocycles. The largest absolute Gasteiger partial charge is 0.497 e. The highest BCUT2D eigenvalue weighted by molar-refractivity contribution is 5.40. The summed E-state index contributed by atoms with van der Waals surface area (Å²) in [6.45, 7) is -0.192. The molecule has 0 fully saturated rings. The van der Waals surface area contributed by atoms with Gasteiger partial charge in [0.2, 0.25) is 0 Å². The van der Waals surface area contributed by atoms with Crippen molar-refractivity contribution in [2.75, 3.05) is 27.7 Å². The van der Waals surface area contributed by atoms with Crippen LogP contribution in [-0.2, 0) is 6.42 Å². The lowest BCUT2D eigenvalue weighted by atomic mass is 9.83. The first kappa shape index (κ1) is 15.2. The number of likely N-dealkylation sites (N-methyl/N-ethyl adjacent to an activating group) is 2. The topological polar surface area (TPSA) is 24.5 Å². The molecular formula is C15H22F2N2O. The zero-order chi connectivity index (χ0) is 14.7. The van der Waals surface area contributed by atoms with Gasteiger partial charge in [-0.15, -0.1) is 0 Å². The van der Waals surface area contributed by atoms with Crippen LogP contribution in [0, 0.1) is 0 Å². The lowest BCUT2D eigenvalue weighted by Crippen LogP contribution is -2.46. The van der Waals surface area contributed by atoms with Crippen LogP contribution in [0.5, 0.6) is 5.75 Å². The first-order valence-electron chi connectivity index (χ1n) is 6.89. The summed E-state index contributed by atoms with van der Waals surface area (Å²) in [4.78, 5) is 1.76. The van der Waals surface area contributed by atoms with Gasteiger partial charge in [-0.2, -0.15) is 0 Å². The van der Waals surface area contributed by atoms with Crippen molar-refractivity contribution in [1.29, 1.82) is 0 Å². The average Bonchev–Trinajstić information content (AvgIpc) is 2.44. The molecular weight excluding hydrogens is 262 g/mol. The van der Waals surface area contributed by atoms with Gasteiger partial charge in [0, 0.05) is 12.1 Å². The van der Waals surface area contributed by atoms with Crippen molar-refractivity contribution in [3.8, 4) is 5.75 Å². The molecule has 1 aliphatic carbocycles. The molecule has 0 spiro atoms. The van der Waals surface area contributed by atoms with Crippen LogP contribution in [0.1, 0.15) is 23.6 Å². The Hall–Kier alpha value is -1.20. The third kappa shape index (κ3) is 3.10. The molecule has 2 unspecified atom stereocenters. The van der Waals surface area contributed by atoms with E-state index < -0.39 is 6.43 Å². The maximum Gasteiger partial charge on any atom is 0.251 e. The maximum absolute atomic E-state index is 12.6. The molecule has 0 aromatic heterocycles. The van der Waals surface area contributed by atoms with E-state index >= 15 is 0 Å². The van der Waals surface area contributed by atoms with E-state index in [0.717, 1.165) is 24.2 Å². The van der Waals surface area contributed by atoms with Crippen LogP contribution >= 0.6 is 0 Å². The number of alkyl halides is 2. The quantitative estimate of drug-likeness (QED) is 0.899. The second-order valence-corrected chi connectivity index (χ2v) is 5.27. The summed E-state index contributed by atoms with van der Waals surface area (Å²) in [5.74, 6) is 0.807. The number of hydrogen-bond donors (Lipinski definition) is 1. The van der Waals surface area contributed by atoms with Gasteiger partial charge in [0.05, 0.1) is 13.7 Å². The molecule has 20 heavy (non-hydrogen) atoms. The molecule has 112 valence electrons. The monoisotopic (exact) mass is 284 g/mol. The molecule has 1 aromatic carbocycles. The fraction of sp³-hybridized carbons (Fsp3) is 0.600. The van der Waals surface area contributed by atoms with E-state index in [1.165, 1.54) is 5.56 Å². The van der Waals surface area contributed by atoms with Crippen LogP contribution in [0.3, 0.4) is 0 Å². The molecule has 0 amide bonds. The molecule has 0 bridgehead atoms. The molecule has 0 saturated carbocycles. The second-order valence-electron chi connectivity index (χ2n) is 5.27. The fourth-order valence-electron chi connectivity index (χ4n) is 3.07. The number of ether oxygens (including phenoxy) is 1. The Labute approximate surface area is 118 Å². The Morgan fingerprint density at radius 1 is 1.45 bits per heavy atom. The van der Waals surface area contributed by atoms with Gasteiger partial charge in [0.1, 0.15) is 5.75 Å². The lowest BCUT2D eigenvalue weighted by molar-refractivity contribution is 0.0660. The Morgan fingerprint density at radius 3 is 2.80 bits per heavy atom. The Bertz CT molecular complexity index is 453. The van der Waals surface area contributed by atoms with Crippen molar-refractivity contribution in [2.24, 2.45) is 0 Å². The minimum absolute atomic E-state index is 0.0533. The van der Waals surface area contributed by atoms with Gasteiger partial charge in [0.25, 0.3) is 6.43 Å². The number of nitrogens with one attached hydrogen (secondary N) is 1. The van der Waals surface area contributed by atoms with Crippen molar-refractivity contribution in [3.63, 3.8) is 0 Å². The van der Waals surface area contributed by atoms with Crippen molar-refractivity contribution < 1.29 is 13.5 Å². The normalized spacial score (nSPS) is 22.1. The van der Waals surface area contributed by atoms with Gasteiger partial charge in [0.15, 0.2) is 0 Å². The van der Waals surface area contributed by atoms with E-state index in [0.29, 0.717) is 0 Å². The van der Waals surface area contributed by atoms with Crippen molar-refractivity contribution in [2.45, 2.75) is 31.4 Å². The number of aryl methyl sites for hydroxylation is 1. The summed E-state index contributed by atoms with van der Waals surface area (Å²) in [5.41, 5.74) is 2.43. The second kappa shape index (κ2) is 6.50. The molecule has 1 N–H and O–H groups in total. The van der Waals surface area contributed by atoms with Gasteiger partial charge >= 0.3 is 0 Å². The molecule has 1 aliphatic rings. The van der Waals surface area contributed by atoms with Crippen LogP contribution < -0.4 is 10.1 Å². The van der Waals surface area contributed by atoms with Crippen LogP contribution in [0.4, 0.5) is 8.78 Å². The highest BCUT2D eigenvalue weighted by Gasteiger charge is 2.32. The summed E-state index contributed by atoms with van der Waals surface area (Å²) in [6.07, 6.45) is -0.506. The van der Waals surface area contributed by atoms with E-state index in [1.807, 2.05) is 19.2 Å². The van der Waals surface area contributed by atoms with E-state index in [1.54, 1.807) is 19.1 Å². The molecule has 0 radical (unpaired) electrons. The fourth-order valence-corrected chi connectivity index (χ4v) is 3.07. The molecule has 0 aliphatic heterocycles. The van der Waals surface area contributed by atoms with Crippen molar-refractivity contribution in [1.82, 2.24) is 10.2 Å². The summed E-state index contributed by atoms with van der Waals surface area (Å²) < 4.78 is 30.5. The van der Waals surface area contributed by atoms with Crippen LogP contribution in [-0.4, -0.2) is 45.1 Å². The standard InChI is InChI=1S/C15H22F2N2O/c1-18-15-12-8-11(20-3)6-4-10(12)5-7-13(15)19(2)9-14(16)17/h4,6,8,13-15,18H,5,7,9H2,1-3H3. The average molecular weight is 284 g/mol. The highest BCUT2D eigenvalue weighted by Crippen LogP contribution is 2.34. The van der Waals surface area contributed by atoms with Crippen LogP contribution in [0.15, 0.2) is 18.2 Å². The maximum atomic E-state index is 12.6. The molecule has 5 heteroatoms. The molecule has 1 aromatic rings.